The van der Waals surface area contributed by atoms with Crippen molar-refractivity contribution < 1.29 is 9.50 Å². The third kappa shape index (κ3) is 4.27. The lowest BCUT2D eigenvalue weighted by Gasteiger charge is -2.24. The van der Waals surface area contributed by atoms with E-state index in [4.69, 9.17) is 22.4 Å². The number of nitrogens with two attached hydrogens (primary N) is 1. The largest absolute Gasteiger partial charge is 0.389 e. The van der Waals surface area contributed by atoms with Gasteiger partial charge in [0.05, 0.1) is 16.3 Å². The molecule has 0 spiro atoms. The number of benzene rings is 1. The summed E-state index contributed by atoms with van der Waals surface area (Å²) in [6, 6.07) is 8.80. The first-order valence-electron chi connectivity index (χ1n) is 11.3. The third-order valence-corrected chi connectivity index (χ3v) is 8.39. The first-order chi connectivity index (χ1) is 15.8. The van der Waals surface area contributed by atoms with Crippen molar-refractivity contribution in [2.45, 2.75) is 48.5 Å². The topological polar surface area (TPSA) is 77.0 Å². The second kappa shape index (κ2) is 8.60. The minimum absolute atomic E-state index is 0.0780. The van der Waals surface area contributed by atoms with Gasteiger partial charge < -0.3 is 10.8 Å². The zero-order valence-corrected chi connectivity index (χ0v) is 20.3. The fourth-order valence-corrected chi connectivity index (χ4v) is 6.45. The molecular weight excluding hydrogens is 459 g/mol. The second-order valence-electron chi connectivity index (χ2n) is 9.59. The fraction of sp³-hybridized carbons (Fsp3) is 0.440. The Bertz CT molecular complexity index is 1170. The molecule has 2 aliphatic rings. The highest BCUT2D eigenvalue weighted by Gasteiger charge is 2.49. The molecule has 2 aliphatic carbocycles. The quantitative estimate of drug-likeness (QED) is 0.468. The van der Waals surface area contributed by atoms with Gasteiger partial charge in [-0.2, -0.15) is 5.10 Å². The minimum atomic E-state index is -0.704. The van der Waals surface area contributed by atoms with Crippen LogP contribution in [-0.2, 0) is 13.5 Å². The summed E-state index contributed by atoms with van der Waals surface area (Å²) in [7, 11) is 1.83. The van der Waals surface area contributed by atoms with E-state index in [1.54, 1.807) is 28.6 Å². The molecule has 174 valence electrons. The number of nitrogen functional groups attached to an aromatic ring is 1. The molecule has 3 N–H and O–H groups in total. The van der Waals surface area contributed by atoms with E-state index in [0.29, 0.717) is 24.1 Å². The number of thioether (sulfide) groups is 1. The van der Waals surface area contributed by atoms with Crippen molar-refractivity contribution in [3.63, 3.8) is 0 Å². The lowest BCUT2D eigenvalue weighted by Crippen LogP contribution is -2.29. The summed E-state index contributed by atoms with van der Waals surface area (Å²) in [6.07, 6.45) is 7.98. The van der Waals surface area contributed by atoms with Crippen LogP contribution in [0.15, 0.2) is 41.4 Å². The molecule has 2 unspecified atom stereocenters. The molecule has 2 atom stereocenters. The third-order valence-electron chi connectivity index (χ3n) is 7.38. The molecule has 2 heterocycles. The molecule has 0 amide bonds. The van der Waals surface area contributed by atoms with Gasteiger partial charge in [0.2, 0.25) is 0 Å². The summed E-state index contributed by atoms with van der Waals surface area (Å²) >= 11 is 7.72. The van der Waals surface area contributed by atoms with Crippen molar-refractivity contribution in [3.8, 4) is 11.1 Å². The Balaban J connectivity index is 1.34. The van der Waals surface area contributed by atoms with Crippen LogP contribution in [0.4, 0.5) is 10.2 Å². The normalized spacial score (nSPS) is 26.6. The maximum absolute atomic E-state index is 13.7. The van der Waals surface area contributed by atoms with E-state index in [0.717, 1.165) is 53.1 Å². The molecule has 2 saturated carbocycles. The fourth-order valence-electron chi connectivity index (χ4n) is 5.90. The van der Waals surface area contributed by atoms with E-state index in [-0.39, 0.29) is 10.9 Å². The van der Waals surface area contributed by atoms with Gasteiger partial charge in [0.15, 0.2) is 0 Å². The van der Waals surface area contributed by atoms with Crippen LogP contribution in [-0.4, -0.2) is 31.7 Å². The average Bonchev–Trinajstić information content (AvgIpc) is 3.40. The maximum atomic E-state index is 13.7. The Hall–Kier alpha value is -2.09. The van der Waals surface area contributed by atoms with Gasteiger partial charge in [-0.15, -0.1) is 11.8 Å². The van der Waals surface area contributed by atoms with Crippen LogP contribution < -0.4 is 5.73 Å². The monoisotopic (exact) mass is 486 g/mol. The summed E-state index contributed by atoms with van der Waals surface area (Å²) in [5, 5.41) is 16.2. The van der Waals surface area contributed by atoms with Crippen molar-refractivity contribution >= 4 is 29.2 Å². The summed E-state index contributed by atoms with van der Waals surface area (Å²) in [5.74, 6) is 1.25. The molecule has 0 bridgehead atoms. The van der Waals surface area contributed by atoms with Crippen LogP contribution in [0.5, 0.6) is 0 Å². The average molecular weight is 487 g/mol. The lowest BCUT2D eigenvalue weighted by atomic mass is 9.88. The zero-order chi connectivity index (χ0) is 23.3. The molecule has 5 nitrogen and oxygen atoms in total. The Kier molecular flexibility index (Phi) is 5.91. The number of hydrogen-bond acceptors (Lipinski definition) is 5. The molecule has 2 aromatic heterocycles. The molecule has 0 aliphatic heterocycles. The molecule has 5 rings (SSSR count). The summed E-state index contributed by atoms with van der Waals surface area (Å²) in [6.45, 7) is 0. The van der Waals surface area contributed by atoms with Gasteiger partial charge in [-0.25, -0.2) is 4.39 Å². The van der Waals surface area contributed by atoms with Crippen LogP contribution in [0.25, 0.3) is 11.1 Å². The minimum Gasteiger partial charge on any atom is -0.389 e. The number of fused-ring (bicyclic) bond motifs is 1. The highest BCUT2D eigenvalue weighted by molar-refractivity contribution is 7.98. The molecule has 0 radical (unpaired) electrons. The van der Waals surface area contributed by atoms with E-state index >= 15 is 0 Å². The Morgan fingerprint density at radius 3 is 2.58 bits per heavy atom. The Morgan fingerprint density at radius 1 is 1.24 bits per heavy atom. The van der Waals surface area contributed by atoms with Crippen LogP contribution in [0.2, 0.25) is 5.02 Å². The van der Waals surface area contributed by atoms with E-state index in [1.807, 2.05) is 25.6 Å². The SMILES string of the molecule is CSc1ccc(CC2(O)CC3CC(c4nn(C)c(N)c4-c4ccc(F)c(Cl)c4)CC3C2)nc1. The van der Waals surface area contributed by atoms with Gasteiger partial charge in [0.25, 0.3) is 0 Å². The molecule has 33 heavy (non-hydrogen) atoms. The van der Waals surface area contributed by atoms with E-state index in [9.17, 15) is 9.50 Å². The van der Waals surface area contributed by atoms with Crippen LogP contribution >= 0.6 is 23.4 Å². The number of nitrogens with zero attached hydrogens (tertiary/aromatic N) is 3. The lowest BCUT2D eigenvalue weighted by molar-refractivity contribution is 0.0376. The number of aliphatic hydroxyl groups is 1. The van der Waals surface area contributed by atoms with Crippen molar-refractivity contribution in [2.24, 2.45) is 18.9 Å². The van der Waals surface area contributed by atoms with Crippen LogP contribution in [0, 0.1) is 17.7 Å². The molecule has 1 aromatic carbocycles. The highest BCUT2D eigenvalue weighted by atomic mass is 35.5. The molecule has 0 saturated heterocycles. The van der Waals surface area contributed by atoms with Gasteiger partial charge >= 0.3 is 0 Å². The number of hydrogen-bond donors (Lipinski definition) is 2. The first kappa shape index (κ1) is 22.7. The van der Waals surface area contributed by atoms with E-state index < -0.39 is 11.4 Å². The number of anilines is 1. The molecule has 8 heteroatoms. The van der Waals surface area contributed by atoms with E-state index in [1.165, 1.54) is 6.07 Å². The Labute approximate surface area is 202 Å². The zero-order valence-electron chi connectivity index (χ0n) is 18.8. The van der Waals surface area contributed by atoms with Crippen molar-refractivity contribution in [2.75, 3.05) is 12.0 Å². The van der Waals surface area contributed by atoms with Gasteiger partial charge in [-0.05, 0) is 73.6 Å². The predicted octanol–water partition coefficient (Wildman–Crippen LogP) is 5.46. The molecular formula is C25H28ClFN4OS. The molecule has 3 aromatic rings. The summed E-state index contributed by atoms with van der Waals surface area (Å²) < 4.78 is 15.4. The van der Waals surface area contributed by atoms with Gasteiger partial charge in [-0.3, -0.25) is 9.67 Å². The first-order valence-corrected chi connectivity index (χ1v) is 12.9. The second-order valence-corrected chi connectivity index (χ2v) is 10.9. The van der Waals surface area contributed by atoms with Gasteiger partial charge in [-0.1, -0.05) is 17.7 Å². The number of halogens is 2. The van der Waals surface area contributed by atoms with Crippen molar-refractivity contribution in [3.05, 3.63) is 58.8 Å². The van der Waals surface area contributed by atoms with Crippen LogP contribution in [0.1, 0.15) is 43.0 Å². The molecule has 2 fully saturated rings. The van der Waals surface area contributed by atoms with E-state index in [2.05, 4.69) is 11.1 Å². The van der Waals surface area contributed by atoms with Gasteiger partial charge in [0.1, 0.15) is 11.6 Å². The number of rotatable bonds is 5. The van der Waals surface area contributed by atoms with Gasteiger partial charge in [0, 0.05) is 41.7 Å². The predicted molar refractivity (Wildman–Crippen MR) is 131 cm³/mol. The summed E-state index contributed by atoms with van der Waals surface area (Å²) in [4.78, 5) is 5.67. The number of aromatic nitrogens is 3. The number of pyridine rings is 1. The van der Waals surface area contributed by atoms with Crippen LogP contribution in [0.3, 0.4) is 0 Å². The van der Waals surface area contributed by atoms with Crippen molar-refractivity contribution in [1.29, 1.82) is 0 Å². The standard InChI is InChI=1S/C25H28ClFN4OS/c1-31-24(28)22(14-3-6-21(27)20(26)9-14)23(30-31)15-7-16-10-25(32,11-17(16)8-15)12-18-4-5-19(33-2)13-29-18/h3-6,9,13,15-17,32H,7-8,10-12,28H2,1-2H3. The smallest absolute Gasteiger partial charge is 0.141 e. The maximum Gasteiger partial charge on any atom is 0.141 e. The Morgan fingerprint density at radius 2 is 1.97 bits per heavy atom. The van der Waals surface area contributed by atoms with Crippen molar-refractivity contribution in [1.82, 2.24) is 14.8 Å². The highest BCUT2D eigenvalue weighted by Crippen LogP contribution is 2.55. The summed E-state index contributed by atoms with van der Waals surface area (Å²) in [5.41, 5.74) is 9.19. The number of aryl methyl sites for hydroxylation is 1.